The lowest BCUT2D eigenvalue weighted by atomic mass is 9.89. The van der Waals surface area contributed by atoms with E-state index in [4.69, 9.17) is 0 Å². The van der Waals surface area contributed by atoms with Crippen molar-refractivity contribution in [3.05, 3.63) is 107 Å². The minimum absolute atomic E-state index is 0.0187. The smallest absolute Gasteiger partial charge is 0.405 e. The molecule has 1 aliphatic carbocycles. The Bertz CT molecular complexity index is 1460. The van der Waals surface area contributed by atoms with Crippen molar-refractivity contribution < 1.29 is 18.3 Å². The van der Waals surface area contributed by atoms with E-state index >= 15 is 0 Å². The van der Waals surface area contributed by atoms with E-state index < -0.39 is 12.7 Å². The Kier molecular flexibility index (Phi) is 13.8. The average Bonchev–Trinajstić information content (AvgIpc) is 3.42. The summed E-state index contributed by atoms with van der Waals surface area (Å²) >= 11 is 1.89. The lowest BCUT2D eigenvalue weighted by Crippen LogP contribution is -2.46. The van der Waals surface area contributed by atoms with Crippen molar-refractivity contribution in [3.8, 4) is 0 Å². The number of thiophene rings is 1. The SMILES string of the molecule is C=C1C(=C)C(NC(=C/C)/C=C(/O)C(=C)C)=C1NCC(F)(F)F.CCCN(CC(C)C)C1CCN(Cc2csc3ccccc23)CC1. The molecule has 252 valence electrons. The van der Waals surface area contributed by atoms with Gasteiger partial charge in [-0.2, -0.15) is 13.2 Å². The predicted molar refractivity (Wildman–Crippen MR) is 189 cm³/mol. The van der Waals surface area contributed by atoms with Crippen LogP contribution in [-0.4, -0.2) is 59.8 Å². The number of hydrogen-bond acceptors (Lipinski definition) is 6. The zero-order valence-corrected chi connectivity index (χ0v) is 28.9. The molecule has 9 heteroatoms. The number of aliphatic hydroxyl groups is 1. The molecule has 2 aromatic rings. The molecule has 0 amide bonds. The van der Waals surface area contributed by atoms with Gasteiger partial charge in [-0.1, -0.05) is 64.8 Å². The number of rotatable bonds is 13. The lowest BCUT2D eigenvalue weighted by Gasteiger charge is -2.39. The van der Waals surface area contributed by atoms with E-state index in [0.29, 0.717) is 28.1 Å². The molecule has 0 unspecified atom stereocenters. The maximum Gasteiger partial charge on any atom is 0.405 e. The summed E-state index contributed by atoms with van der Waals surface area (Å²) in [5, 5.41) is 18.7. The van der Waals surface area contributed by atoms with Crippen molar-refractivity contribution in [1.82, 2.24) is 20.4 Å². The fourth-order valence-corrected chi connectivity index (χ4v) is 6.64. The number of aliphatic hydroxyl groups excluding tert-OH is 1. The number of hydrogen-bond donors (Lipinski definition) is 3. The van der Waals surface area contributed by atoms with Crippen molar-refractivity contribution in [2.75, 3.05) is 32.7 Å². The first kappa shape index (κ1) is 37.2. The molecular weight excluding hydrogens is 605 g/mol. The normalized spacial score (nSPS) is 17.0. The van der Waals surface area contributed by atoms with Crippen molar-refractivity contribution in [2.24, 2.45) is 5.92 Å². The number of nitrogens with one attached hydrogen (secondary N) is 2. The molecule has 0 atom stereocenters. The summed E-state index contributed by atoms with van der Waals surface area (Å²) in [4.78, 5) is 5.41. The number of benzene rings is 1. The average molecular weight is 657 g/mol. The zero-order valence-electron chi connectivity index (χ0n) is 28.1. The Morgan fingerprint density at radius 1 is 1.15 bits per heavy atom. The van der Waals surface area contributed by atoms with Crippen LogP contribution in [0.15, 0.2) is 101 Å². The molecule has 2 aliphatic rings. The van der Waals surface area contributed by atoms with E-state index in [2.05, 4.69) is 90.6 Å². The van der Waals surface area contributed by atoms with Crippen LogP contribution in [0, 0.1) is 5.92 Å². The fraction of sp³-hybridized carbons (Fsp3) is 0.459. The topological polar surface area (TPSA) is 50.8 Å². The second kappa shape index (κ2) is 17.0. The van der Waals surface area contributed by atoms with E-state index in [1.54, 1.807) is 19.9 Å². The number of fused-ring (bicyclic) bond motifs is 1. The third kappa shape index (κ3) is 10.6. The van der Waals surface area contributed by atoms with Crippen LogP contribution in [0.1, 0.15) is 59.4 Å². The first-order chi connectivity index (χ1) is 21.7. The minimum atomic E-state index is -4.32. The Morgan fingerprint density at radius 2 is 1.80 bits per heavy atom. The summed E-state index contributed by atoms with van der Waals surface area (Å²) in [6.07, 6.45) is 2.71. The van der Waals surface area contributed by atoms with Gasteiger partial charge in [0.1, 0.15) is 12.3 Å². The minimum Gasteiger partial charge on any atom is -0.508 e. The molecular formula is C37H51F3N4OS. The number of piperidine rings is 1. The van der Waals surface area contributed by atoms with E-state index in [9.17, 15) is 18.3 Å². The third-order valence-corrected chi connectivity index (χ3v) is 9.14. The van der Waals surface area contributed by atoms with Gasteiger partial charge in [0.05, 0.1) is 11.4 Å². The van der Waals surface area contributed by atoms with E-state index in [0.717, 1.165) is 18.5 Å². The molecule has 0 bridgehead atoms. The first-order valence-corrected chi connectivity index (χ1v) is 17.0. The van der Waals surface area contributed by atoms with E-state index in [1.807, 2.05) is 11.3 Å². The van der Waals surface area contributed by atoms with Gasteiger partial charge in [0.25, 0.3) is 0 Å². The summed E-state index contributed by atoms with van der Waals surface area (Å²) < 4.78 is 38.3. The standard InChI is InChI=1S/C21H32N2S.C16H19F3N2O/c1-4-11-23(14-17(2)3)19-9-12-22(13-10-19)15-18-16-24-21-8-6-5-7-20(18)21;1-6-12(7-13(22)9(2)3)21-15-11(5)10(4)14(15)20-8-16(17,18)19/h5-8,16-17,19H,4,9-15H2,1-3H3;6-7,20-22H,2,4-5,8H2,1,3H3/b;12-6+,13-7+. The number of halogens is 3. The Labute approximate surface area is 277 Å². The van der Waals surface area contributed by atoms with Crippen LogP contribution < -0.4 is 10.6 Å². The Hall–Kier alpha value is -3.27. The van der Waals surface area contributed by atoms with Crippen molar-refractivity contribution in [1.29, 1.82) is 0 Å². The highest BCUT2D eigenvalue weighted by atomic mass is 32.1. The third-order valence-electron chi connectivity index (χ3n) is 8.13. The first-order valence-electron chi connectivity index (χ1n) is 16.1. The number of likely N-dealkylation sites (tertiary alicyclic amines) is 1. The molecule has 0 spiro atoms. The number of nitrogens with zero attached hydrogens (tertiary/aromatic N) is 2. The van der Waals surface area contributed by atoms with Crippen LogP contribution in [0.3, 0.4) is 0 Å². The molecule has 0 saturated carbocycles. The fourth-order valence-electron chi connectivity index (χ4n) is 5.69. The summed E-state index contributed by atoms with van der Waals surface area (Å²) in [5.74, 6) is 0.751. The van der Waals surface area contributed by atoms with Gasteiger partial charge in [-0.15, -0.1) is 11.3 Å². The van der Waals surface area contributed by atoms with Gasteiger partial charge in [-0.25, -0.2) is 0 Å². The molecule has 1 aromatic heterocycles. The summed E-state index contributed by atoms with van der Waals surface area (Å²) in [6, 6.07) is 9.62. The van der Waals surface area contributed by atoms with Gasteiger partial charge in [-0.3, -0.25) is 4.90 Å². The molecule has 1 fully saturated rings. The van der Waals surface area contributed by atoms with Gasteiger partial charge < -0.3 is 20.6 Å². The van der Waals surface area contributed by atoms with Gasteiger partial charge in [0.15, 0.2) is 0 Å². The second-order valence-corrected chi connectivity index (χ2v) is 13.4. The van der Waals surface area contributed by atoms with Crippen LogP contribution >= 0.6 is 11.3 Å². The molecule has 3 N–H and O–H groups in total. The van der Waals surface area contributed by atoms with Gasteiger partial charge in [0.2, 0.25) is 0 Å². The highest BCUT2D eigenvalue weighted by molar-refractivity contribution is 7.17. The second-order valence-electron chi connectivity index (χ2n) is 12.5. The van der Waals surface area contributed by atoms with E-state index in [-0.39, 0.29) is 11.5 Å². The summed E-state index contributed by atoms with van der Waals surface area (Å²) in [6.45, 7) is 26.4. The quantitative estimate of drug-likeness (QED) is 0.148. The highest BCUT2D eigenvalue weighted by Crippen LogP contribution is 2.35. The number of allylic oxidation sites excluding steroid dienone is 5. The highest BCUT2D eigenvalue weighted by Gasteiger charge is 2.32. The molecule has 2 heterocycles. The largest absolute Gasteiger partial charge is 0.508 e. The van der Waals surface area contributed by atoms with Crippen LogP contribution in [-0.2, 0) is 6.54 Å². The monoisotopic (exact) mass is 656 g/mol. The maximum atomic E-state index is 12.3. The Morgan fingerprint density at radius 3 is 2.39 bits per heavy atom. The molecule has 1 aromatic carbocycles. The summed E-state index contributed by atoms with van der Waals surface area (Å²) in [5.41, 5.74) is 4.14. The molecule has 1 saturated heterocycles. The molecule has 5 nitrogen and oxygen atoms in total. The lowest BCUT2D eigenvalue weighted by molar-refractivity contribution is -0.123. The van der Waals surface area contributed by atoms with Crippen LogP contribution in [0.4, 0.5) is 13.2 Å². The number of alkyl halides is 3. The van der Waals surface area contributed by atoms with Crippen LogP contribution in [0.2, 0.25) is 0 Å². The molecule has 4 rings (SSSR count). The van der Waals surface area contributed by atoms with Crippen molar-refractivity contribution in [3.63, 3.8) is 0 Å². The van der Waals surface area contributed by atoms with Gasteiger partial charge in [-0.05, 0) is 86.6 Å². The van der Waals surface area contributed by atoms with Crippen molar-refractivity contribution in [2.45, 2.75) is 72.6 Å². The Balaban J connectivity index is 0.000000252. The maximum absolute atomic E-state index is 12.3. The van der Waals surface area contributed by atoms with Gasteiger partial charge >= 0.3 is 6.18 Å². The van der Waals surface area contributed by atoms with Crippen LogP contribution in [0.5, 0.6) is 0 Å². The molecule has 1 aliphatic heterocycles. The van der Waals surface area contributed by atoms with Crippen molar-refractivity contribution >= 4 is 21.4 Å². The van der Waals surface area contributed by atoms with Gasteiger partial charge in [0, 0.05) is 46.8 Å². The molecule has 0 radical (unpaired) electrons. The van der Waals surface area contributed by atoms with E-state index in [1.165, 1.54) is 67.2 Å². The summed E-state index contributed by atoms with van der Waals surface area (Å²) in [7, 11) is 0. The van der Waals surface area contributed by atoms with Crippen LogP contribution in [0.25, 0.3) is 10.1 Å². The zero-order chi connectivity index (χ0) is 34.0. The molecule has 46 heavy (non-hydrogen) atoms. The predicted octanol–water partition coefficient (Wildman–Crippen LogP) is 9.22.